The van der Waals surface area contributed by atoms with Crippen molar-refractivity contribution in [2.75, 3.05) is 26.3 Å². The lowest BCUT2D eigenvalue weighted by molar-refractivity contribution is 0.163. The summed E-state index contributed by atoms with van der Waals surface area (Å²) in [6, 6.07) is 1.82. The van der Waals surface area contributed by atoms with Gasteiger partial charge in [-0.2, -0.15) is 0 Å². The summed E-state index contributed by atoms with van der Waals surface area (Å²) < 4.78 is 26.1. The molecular formula is C13H15BrFNO2. The van der Waals surface area contributed by atoms with Crippen LogP contribution < -0.4 is 14.8 Å². The molecule has 0 aliphatic carbocycles. The minimum atomic E-state index is -0.271. The summed E-state index contributed by atoms with van der Waals surface area (Å²) in [4.78, 5) is 0. The topological polar surface area (TPSA) is 30.5 Å². The van der Waals surface area contributed by atoms with Gasteiger partial charge in [-0.25, -0.2) is 4.39 Å². The van der Waals surface area contributed by atoms with Crippen LogP contribution in [-0.4, -0.2) is 26.3 Å². The second-order valence-corrected chi connectivity index (χ2v) is 5.51. The fraction of sp³-hybridized carbons (Fsp3) is 0.538. The van der Waals surface area contributed by atoms with E-state index in [0.29, 0.717) is 24.5 Å². The van der Waals surface area contributed by atoms with Crippen LogP contribution in [0, 0.1) is 5.82 Å². The highest BCUT2D eigenvalue weighted by molar-refractivity contribution is 9.10. The summed E-state index contributed by atoms with van der Waals surface area (Å²) >= 11 is 3.46. The lowest BCUT2D eigenvalue weighted by Gasteiger charge is -2.27. The van der Waals surface area contributed by atoms with Crippen LogP contribution in [0.4, 0.5) is 4.39 Å². The Balaban J connectivity index is 2.02. The number of hydrogen-bond acceptors (Lipinski definition) is 3. The van der Waals surface area contributed by atoms with Gasteiger partial charge in [0.25, 0.3) is 0 Å². The molecule has 98 valence electrons. The molecule has 0 amide bonds. The molecule has 2 aliphatic heterocycles. The molecule has 5 heteroatoms. The van der Waals surface area contributed by atoms with Gasteiger partial charge >= 0.3 is 0 Å². The number of halogens is 2. The Hall–Kier alpha value is -0.810. The largest absolute Gasteiger partial charge is 0.486 e. The molecule has 1 unspecified atom stereocenters. The molecule has 1 aromatic carbocycles. The van der Waals surface area contributed by atoms with E-state index < -0.39 is 0 Å². The maximum atomic E-state index is 14.5. The molecular weight excluding hydrogens is 301 g/mol. The first kappa shape index (κ1) is 12.2. The van der Waals surface area contributed by atoms with E-state index in [1.807, 2.05) is 6.07 Å². The van der Waals surface area contributed by atoms with Crippen LogP contribution in [0.3, 0.4) is 0 Å². The number of benzene rings is 1. The zero-order chi connectivity index (χ0) is 12.5. The summed E-state index contributed by atoms with van der Waals surface area (Å²) in [6.45, 7) is 2.71. The lowest BCUT2D eigenvalue weighted by Crippen LogP contribution is -2.29. The van der Waals surface area contributed by atoms with Crippen LogP contribution in [0.1, 0.15) is 24.3 Å². The van der Waals surface area contributed by atoms with E-state index in [2.05, 4.69) is 21.2 Å². The van der Waals surface area contributed by atoms with Crippen LogP contribution in [0.15, 0.2) is 10.5 Å². The summed E-state index contributed by atoms with van der Waals surface area (Å²) in [6.07, 6.45) is 2.08. The second-order valence-electron chi connectivity index (χ2n) is 4.65. The highest BCUT2D eigenvalue weighted by Gasteiger charge is 2.27. The predicted molar refractivity (Wildman–Crippen MR) is 69.9 cm³/mol. The van der Waals surface area contributed by atoms with Crippen molar-refractivity contribution in [3.63, 3.8) is 0 Å². The zero-order valence-electron chi connectivity index (χ0n) is 9.97. The number of rotatable bonds is 1. The van der Waals surface area contributed by atoms with Gasteiger partial charge in [-0.1, -0.05) is 15.9 Å². The zero-order valence-corrected chi connectivity index (χ0v) is 11.6. The average molecular weight is 316 g/mol. The smallest absolute Gasteiger partial charge is 0.197 e. The van der Waals surface area contributed by atoms with Gasteiger partial charge in [0.15, 0.2) is 17.3 Å². The fourth-order valence-corrected chi connectivity index (χ4v) is 3.31. The molecule has 1 fully saturated rings. The number of ether oxygens (including phenoxy) is 2. The molecule has 1 aromatic rings. The molecule has 0 aromatic heterocycles. The van der Waals surface area contributed by atoms with Crippen LogP contribution >= 0.6 is 15.9 Å². The number of hydrogen-bond donors (Lipinski definition) is 1. The Bertz CT molecular complexity index is 461. The van der Waals surface area contributed by atoms with Crippen molar-refractivity contribution in [1.82, 2.24) is 5.32 Å². The molecule has 18 heavy (non-hydrogen) atoms. The van der Waals surface area contributed by atoms with Gasteiger partial charge in [0, 0.05) is 22.5 Å². The Morgan fingerprint density at radius 1 is 1.33 bits per heavy atom. The average Bonchev–Trinajstić information content (AvgIpc) is 2.40. The number of fused-ring (bicyclic) bond motifs is 1. The third-order valence-corrected chi connectivity index (χ3v) is 4.12. The van der Waals surface area contributed by atoms with Gasteiger partial charge in [-0.05, 0) is 25.5 Å². The highest BCUT2D eigenvalue weighted by atomic mass is 79.9. The van der Waals surface area contributed by atoms with Crippen LogP contribution in [0.25, 0.3) is 0 Å². The van der Waals surface area contributed by atoms with E-state index in [1.54, 1.807) is 0 Å². The SMILES string of the molecule is Fc1c2c(cc(Br)c1C1CCCNC1)OCCO2. The summed E-state index contributed by atoms with van der Waals surface area (Å²) in [5, 5.41) is 3.31. The van der Waals surface area contributed by atoms with E-state index in [0.717, 1.165) is 30.4 Å². The van der Waals surface area contributed by atoms with E-state index in [9.17, 15) is 4.39 Å². The van der Waals surface area contributed by atoms with Crippen molar-refractivity contribution in [2.24, 2.45) is 0 Å². The molecule has 1 N–H and O–H groups in total. The maximum absolute atomic E-state index is 14.5. The fourth-order valence-electron chi connectivity index (χ4n) is 2.60. The van der Waals surface area contributed by atoms with Gasteiger partial charge in [0.05, 0.1) is 0 Å². The van der Waals surface area contributed by atoms with Crippen LogP contribution in [0.2, 0.25) is 0 Å². The monoisotopic (exact) mass is 315 g/mol. The first-order valence-electron chi connectivity index (χ1n) is 6.25. The molecule has 0 radical (unpaired) electrons. The molecule has 3 nitrogen and oxygen atoms in total. The molecule has 0 saturated carbocycles. The van der Waals surface area contributed by atoms with Gasteiger partial charge < -0.3 is 14.8 Å². The van der Waals surface area contributed by atoms with Crippen molar-refractivity contribution in [1.29, 1.82) is 0 Å². The second kappa shape index (κ2) is 5.05. The van der Waals surface area contributed by atoms with Gasteiger partial charge in [0.1, 0.15) is 13.2 Å². The quantitative estimate of drug-likeness (QED) is 0.864. The van der Waals surface area contributed by atoms with Crippen molar-refractivity contribution >= 4 is 15.9 Å². The molecule has 1 saturated heterocycles. The molecule has 0 spiro atoms. The Labute approximate surface area is 114 Å². The van der Waals surface area contributed by atoms with Gasteiger partial charge in [-0.15, -0.1) is 0 Å². The van der Waals surface area contributed by atoms with E-state index in [1.165, 1.54) is 0 Å². The van der Waals surface area contributed by atoms with Crippen molar-refractivity contribution in [3.05, 3.63) is 21.9 Å². The first-order valence-corrected chi connectivity index (χ1v) is 7.05. The van der Waals surface area contributed by atoms with Crippen molar-refractivity contribution in [2.45, 2.75) is 18.8 Å². The molecule has 1 atom stereocenters. The number of nitrogens with one attached hydrogen (secondary N) is 1. The molecule has 3 rings (SSSR count). The standard InChI is InChI=1S/C13H15BrFNO2/c14-9-6-10-13(18-5-4-17-10)12(15)11(9)8-2-1-3-16-7-8/h6,8,16H,1-5,7H2. The first-order chi connectivity index (χ1) is 8.77. The summed E-state index contributed by atoms with van der Waals surface area (Å²) in [5.41, 5.74) is 0.714. The third-order valence-electron chi connectivity index (χ3n) is 3.47. The van der Waals surface area contributed by atoms with E-state index >= 15 is 0 Å². The van der Waals surface area contributed by atoms with E-state index in [4.69, 9.17) is 9.47 Å². The Morgan fingerprint density at radius 3 is 2.94 bits per heavy atom. The predicted octanol–water partition coefficient (Wildman–Crippen LogP) is 2.83. The summed E-state index contributed by atoms with van der Waals surface area (Å²) in [7, 11) is 0. The lowest BCUT2D eigenvalue weighted by atomic mass is 9.91. The summed E-state index contributed by atoms with van der Waals surface area (Å²) in [5.74, 6) is 0.694. The van der Waals surface area contributed by atoms with Crippen molar-refractivity contribution in [3.8, 4) is 11.5 Å². The van der Waals surface area contributed by atoms with Gasteiger partial charge in [-0.3, -0.25) is 0 Å². The van der Waals surface area contributed by atoms with Gasteiger partial charge in [0.2, 0.25) is 0 Å². The molecule has 2 heterocycles. The minimum Gasteiger partial charge on any atom is -0.486 e. The number of piperidine rings is 1. The van der Waals surface area contributed by atoms with Crippen LogP contribution in [0.5, 0.6) is 11.5 Å². The van der Waals surface area contributed by atoms with Crippen LogP contribution in [-0.2, 0) is 0 Å². The normalized spacial score (nSPS) is 22.9. The highest BCUT2D eigenvalue weighted by Crippen LogP contribution is 2.42. The molecule has 0 bridgehead atoms. The Morgan fingerprint density at radius 2 is 2.17 bits per heavy atom. The van der Waals surface area contributed by atoms with E-state index in [-0.39, 0.29) is 17.5 Å². The third kappa shape index (κ3) is 2.10. The Kier molecular flexibility index (Phi) is 3.43. The minimum absolute atomic E-state index is 0.198. The molecule has 2 aliphatic rings. The van der Waals surface area contributed by atoms with Crippen molar-refractivity contribution < 1.29 is 13.9 Å². The maximum Gasteiger partial charge on any atom is 0.197 e.